The number of aromatic nitrogens is 2. The van der Waals surface area contributed by atoms with Crippen LogP contribution >= 0.6 is 0 Å². The molecule has 0 saturated heterocycles. The van der Waals surface area contributed by atoms with E-state index in [2.05, 4.69) is 15.3 Å². The number of hydrogen-bond donors (Lipinski definition) is 1. The second-order valence-corrected chi connectivity index (χ2v) is 5.92. The number of aryl methyl sites for hydroxylation is 1. The highest BCUT2D eigenvalue weighted by Crippen LogP contribution is 2.21. The van der Waals surface area contributed by atoms with Gasteiger partial charge in [-0.1, -0.05) is 0 Å². The molecule has 16 heavy (non-hydrogen) atoms. The minimum atomic E-state index is -3.29. The molecule has 0 amide bonds. The van der Waals surface area contributed by atoms with Crippen LogP contribution in [-0.2, 0) is 9.84 Å². The number of nitrogens with zero attached hydrogens (tertiary/aromatic N) is 2. The highest BCUT2D eigenvalue weighted by Gasteiger charge is 2.22. The van der Waals surface area contributed by atoms with Gasteiger partial charge in [0, 0.05) is 13.3 Å². The molecule has 0 aromatic carbocycles. The van der Waals surface area contributed by atoms with Gasteiger partial charge in [-0.05, 0) is 13.8 Å². The van der Waals surface area contributed by atoms with Gasteiger partial charge in [0.25, 0.3) is 0 Å². The minimum Gasteiger partial charge on any atom is -0.371 e. The molecule has 0 aliphatic rings. The van der Waals surface area contributed by atoms with E-state index in [4.69, 9.17) is 0 Å². The Bertz CT molecular complexity index is 502. The Kier molecular flexibility index (Phi) is 3.47. The first-order chi connectivity index (χ1) is 7.27. The first kappa shape index (κ1) is 12.8. The van der Waals surface area contributed by atoms with Gasteiger partial charge < -0.3 is 5.32 Å². The van der Waals surface area contributed by atoms with E-state index >= 15 is 0 Å². The molecular weight excluding hydrogens is 233 g/mol. The van der Waals surface area contributed by atoms with Gasteiger partial charge in [0.2, 0.25) is 0 Å². The summed E-state index contributed by atoms with van der Waals surface area (Å²) in [4.78, 5) is 7.68. The zero-order chi connectivity index (χ0) is 12.5. The van der Waals surface area contributed by atoms with E-state index in [0.717, 1.165) is 6.26 Å². The quantitative estimate of drug-likeness (QED) is 0.865. The van der Waals surface area contributed by atoms with Gasteiger partial charge >= 0.3 is 0 Å². The van der Waals surface area contributed by atoms with Crippen molar-refractivity contribution in [1.29, 1.82) is 0 Å². The summed E-state index contributed by atoms with van der Waals surface area (Å²) in [6.07, 6.45) is 1.10. The fourth-order valence-electron chi connectivity index (χ4n) is 1.12. The molecule has 0 aliphatic heterocycles. The van der Waals surface area contributed by atoms with Crippen molar-refractivity contribution >= 4 is 15.7 Å². The molecule has 90 valence electrons. The molecule has 0 fully saturated rings. The zero-order valence-electron chi connectivity index (χ0n) is 9.57. The van der Waals surface area contributed by atoms with E-state index in [1.807, 2.05) is 0 Å². The Balaban J connectivity index is 3.32. The van der Waals surface area contributed by atoms with Crippen molar-refractivity contribution < 1.29 is 12.8 Å². The summed E-state index contributed by atoms with van der Waals surface area (Å²) in [5, 5.41) is 1.71. The lowest BCUT2D eigenvalue weighted by atomic mass is 10.3. The summed E-state index contributed by atoms with van der Waals surface area (Å²) < 4.78 is 36.1. The summed E-state index contributed by atoms with van der Waals surface area (Å²) in [5.41, 5.74) is 0.129. The van der Waals surface area contributed by atoms with Gasteiger partial charge in [-0.15, -0.1) is 0 Å². The third-order valence-electron chi connectivity index (χ3n) is 2.28. The standard InChI is InChI=1S/C9H14FN3O2S/c1-5-7(10)9(11-3)13-8(12-5)6(2)16(4,14)15/h6H,1-4H3,(H,11,12,13). The van der Waals surface area contributed by atoms with Crippen LogP contribution in [0, 0.1) is 12.7 Å². The summed E-state index contributed by atoms with van der Waals surface area (Å²) in [6, 6.07) is 0. The molecule has 1 atom stereocenters. The van der Waals surface area contributed by atoms with Crippen molar-refractivity contribution in [3.05, 3.63) is 17.3 Å². The molecule has 1 aromatic heterocycles. The van der Waals surface area contributed by atoms with Gasteiger partial charge in [-0.3, -0.25) is 0 Å². The SMILES string of the molecule is CNc1nc(C(C)S(C)(=O)=O)nc(C)c1F. The number of sulfone groups is 1. The monoisotopic (exact) mass is 247 g/mol. The van der Waals surface area contributed by atoms with Crippen molar-refractivity contribution in [2.24, 2.45) is 0 Å². The smallest absolute Gasteiger partial charge is 0.186 e. The molecule has 5 nitrogen and oxygen atoms in total. The van der Waals surface area contributed by atoms with Crippen LogP contribution in [0.1, 0.15) is 23.7 Å². The number of halogens is 1. The lowest BCUT2D eigenvalue weighted by Gasteiger charge is -2.11. The van der Waals surface area contributed by atoms with Crippen LogP contribution in [0.5, 0.6) is 0 Å². The van der Waals surface area contributed by atoms with Crippen molar-refractivity contribution in [3.8, 4) is 0 Å². The second kappa shape index (κ2) is 4.32. The van der Waals surface area contributed by atoms with Gasteiger partial charge in [0.15, 0.2) is 21.5 Å². The molecule has 1 aromatic rings. The van der Waals surface area contributed by atoms with Crippen LogP contribution in [0.25, 0.3) is 0 Å². The Morgan fingerprint density at radius 1 is 1.38 bits per heavy atom. The van der Waals surface area contributed by atoms with Crippen LogP contribution in [0.3, 0.4) is 0 Å². The number of anilines is 1. The van der Waals surface area contributed by atoms with Crippen molar-refractivity contribution in [2.45, 2.75) is 19.1 Å². The molecule has 0 radical (unpaired) electrons. The minimum absolute atomic E-state index is 0.0120. The lowest BCUT2D eigenvalue weighted by Crippen LogP contribution is -2.14. The highest BCUT2D eigenvalue weighted by atomic mass is 32.2. The van der Waals surface area contributed by atoms with Crippen LogP contribution in [-0.4, -0.2) is 31.7 Å². The molecule has 0 saturated carbocycles. The molecule has 1 rings (SSSR count). The third-order valence-corrected chi connectivity index (χ3v) is 3.77. The molecule has 1 N–H and O–H groups in total. The summed E-state index contributed by atoms with van der Waals surface area (Å²) in [6.45, 7) is 2.94. The van der Waals surface area contributed by atoms with Crippen LogP contribution in [0.4, 0.5) is 10.2 Å². The molecule has 7 heteroatoms. The van der Waals surface area contributed by atoms with Gasteiger partial charge in [0.05, 0.1) is 5.69 Å². The van der Waals surface area contributed by atoms with E-state index in [0.29, 0.717) is 0 Å². The van der Waals surface area contributed by atoms with E-state index in [-0.39, 0.29) is 17.3 Å². The fraction of sp³-hybridized carbons (Fsp3) is 0.556. The number of nitrogens with one attached hydrogen (secondary N) is 1. The van der Waals surface area contributed by atoms with Gasteiger partial charge in [0.1, 0.15) is 11.1 Å². The molecular formula is C9H14FN3O2S. The average Bonchev–Trinajstić information content (AvgIpc) is 2.19. The first-order valence-corrected chi connectivity index (χ1v) is 6.63. The normalized spacial score (nSPS) is 13.6. The predicted molar refractivity (Wildman–Crippen MR) is 59.5 cm³/mol. The second-order valence-electron chi connectivity index (χ2n) is 3.55. The number of rotatable bonds is 3. The van der Waals surface area contributed by atoms with Gasteiger partial charge in [-0.25, -0.2) is 22.8 Å². The largest absolute Gasteiger partial charge is 0.371 e. The molecule has 0 spiro atoms. The third kappa shape index (κ3) is 2.46. The van der Waals surface area contributed by atoms with E-state index < -0.39 is 20.9 Å². The maximum Gasteiger partial charge on any atom is 0.186 e. The maximum atomic E-state index is 13.4. The molecule has 0 bridgehead atoms. The van der Waals surface area contributed by atoms with Crippen molar-refractivity contribution in [3.63, 3.8) is 0 Å². The topological polar surface area (TPSA) is 72.0 Å². The summed E-state index contributed by atoms with van der Waals surface area (Å²) >= 11 is 0. The Labute approximate surface area is 94.0 Å². The fourth-order valence-corrected chi connectivity index (χ4v) is 1.61. The number of hydrogen-bond acceptors (Lipinski definition) is 5. The summed E-state index contributed by atoms with van der Waals surface area (Å²) in [7, 11) is -1.77. The first-order valence-electron chi connectivity index (χ1n) is 4.68. The molecule has 1 heterocycles. The molecule has 1 unspecified atom stereocenters. The van der Waals surface area contributed by atoms with Crippen molar-refractivity contribution in [2.75, 3.05) is 18.6 Å². The average molecular weight is 247 g/mol. The Hall–Kier alpha value is -1.24. The van der Waals surface area contributed by atoms with E-state index in [9.17, 15) is 12.8 Å². The predicted octanol–water partition coefficient (Wildman–Crippen LogP) is 1.07. The Morgan fingerprint density at radius 2 is 1.94 bits per heavy atom. The van der Waals surface area contributed by atoms with E-state index in [1.165, 1.54) is 20.9 Å². The Morgan fingerprint density at radius 3 is 2.38 bits per heavy atom. The zero-order valence-corrected chi connectivity index (χ0v) is 10.4. The van der Waals surface area contributed by atoms with Crippen LogP contribution in [0.2, 0.25) is 0 Å². The van der Waals surface area contributed by atoms with Crippen LogP contribution < -0.4 is 5.32 Å². The highest BCUT2D eigenvalue weighted by molar-refractivity contribution is 7.90. The molecule has 0 aliphatic carbocycles. The van der Waals surface area contributed by atoms with E-state index in [1.54, 1.807) is 0 Å². The van der Waals surface area contributed by atoms with Crippen LogP contribution in [0.15, 0.2) is 0 Å². The lowest BCUT2D eigenvalue weighted by molar-refractivity contribution is 0.581. The maximum absolute atomic E-state index is 13.4. The summed E-state index contributed by atoms with van der Waals surface area (Å²) in [5.74, 6) is -0.448. The van der Waals surface area contributed by atoms with Crippen molar-refractivity contribution in [1.82, 2.24) is 9.97 Å². The van der Waals surface area contributed by atoms with Gasteiger partial charge in [-0.2, -0.15) is 0 Å².